The van der Waals surface area contributed by atoms with Crippen molar-refractivity contribution in [3.63, 3.8) is 0 Å². The standard InChI is InChI=1S/C8H14N4O3S/c1-6-7(2)10-11-8(9-6)12-16(14,15)5-3-4-13/h13H,3-5H2,1-2H3,(H,9,11,12). The fraction of sp³-hybridized carbons (Fsp3) is 0.625. The van der Waals surface area contributed by atoms with Crippen molar-refractivity contribution in [3.8, 4) is 0 Å². The van der Waals surface area contributed by atoms with Crippen LogP contribution in [0.2, 0.25) is 0 Å². The molecule has 2 N–H and O–H groups in total. The molecule has 0 aliphatic rings. The van der Waals surface area contributed by atoms with Gasteiger partial charge in [0.15, 0.2) is 0 Å². The summed E-state index contributed by atoms with van der Waals surface area (Å²) in [5.74, 6) is -0.208. The first kappa shape index (κ1) is 12.8. The molecule has 0 aliphatic heterocycles. The quantitative estimate of drug-likeness (QED) is 0.733. The van der Waals surface area contributed by atoms with Gasteiger partial charge in [-0.3, -0.25) is 0 Å². The zero-order valence-corrected chi connectivity index (χ0v) is 9.95. The summed E-state index contributed by atoms with van der Waals surface area (Å²) in [5.41, 5.74) is 1.27. The first-order valence-corrected chi connectivity index (χ1v) is 6.39. The number of hydrogen-bond donors (Lipinski definition) is 2. The summed E-state index contributed by atoms with van der Waals surface area (Å²) in [5, 5.41) is 15.9. The maximum atomic E-state index is 11.4. The number of nitrogens with one attached hydrogen (secondary N) is 1. The van der Waals surface area contributed by atoms with Crippen LogP contribution in [0.15, 0.2) is 0 Å². The van der Waals surface area contributed by atoms with E-state index in [4.69, 9.17) is 5.11 Å². The van der Waals surface area contributed by atoms with Gasteiger partial charge in [0.05, 0.1) is 17.1 Å². The maximum Gasteiger partial charge on any atom is 0.256 e. The molecular weight excluding hydrogens is 232 g/mol. The van der Waals surface area contributed by atoms with Crippen molar-refractivity contribution in [1.29, 1.82) is 0 Å². The summed E-state index contributed by atoms with van der Waals surface area (Å²) in [6.45, 7) is 3.28. The van der Waals surface area contributed by atoms with Gasteiger partial charge < -0.3 is 5.11 Å². The summed E-state index contributed by atoms with van der Waals surface area (Å²) in [4.78, 5) is 3.94. The van der Waals surface area contributed by atoms with Crippen LogP contribution in [0.25, 0.3) is 0 Å². The van der Waals surface area contributed by atoms with E-state index in [2.05, 4.69) is 19.9 Å². The highest BCUT2D eigenvalue weighted by molar-refractivity contribution is 7.92. The number of sulfonamides is 1. The smallest absolute Gasteiger partial charge is 0.256 e. The van der Waals surface area contributed by atoms with Crippen LogP contribution >= 0.6 is 0 Å². The fourth-order valence-corrected chi connectivity index (χ4v) is 1.92. The van der Waals surface area contributed by atoms with Gasteiger partial charge in [0, 0.05) is 6.61 Å². The second kappa shape index (κ2) is 5.17. The minimum atomic E-state index is -3.50. The molecule has 0 aliphatic carbocycles. The molecule has 0 atom stereocenters. The Labute approximate surface area is 94.0 Å². The fourth-order valence-electron chi connectivity index (χ4n) is 0.945. The molecule has 0 unspecified atom stereocenters. The van der Waals surface area contributed by atoms with E-state index in [1.807, 2.05) is 0 Å². The van der Waals surface area contributed by atoms with Crippen LogP contribution in [0.4, 0.5) is 5.95 Å². The van der Waals surface area contributed by atoms with Gasteiger partial charge in [0.2, 0.25) is 10.0 Å². The van der Waals surface area contributed by atoms with E-state index in [1.165, 1.54) is 0 Å². The first-order valence-electron chi connectivity index (χ1n) is 4.74. The third-order valence-electron chi connectivity index (χ3n) is 1.91. The molecule has 1 rings (SSSR count). The number of rotatable bonds is 5. The van der Waals surface area contributed by atoms with Gasteiger partial charge in [-0.2, -0.15) is 5.10 Å². The van der Waals surface area contributed by atoms with Crippen LogP contribution in [-0.4, -0.2) is 41.1 Å². The maximum absolute atomic E-state index is 11.4. The minimum absolute atomic E-state index is 0.0407. The van der Waals surface area contributed by atoms with Crippen molar-refractivity contribution >= 4 is 16.0 Å². The van der Waals surface area contributed by atoms with Crippen LogP contribution in [-0.2, 0) is 10.0 Å². The summed E-state index contributed by atoms with van der Waals surface area (Å²) in [7, 11) is -3.50. The van der Waals surface area contributed by atoms with E-state index < -0.39 is 10.0 Å². The molecule has 1 heterocycles. The molecule has 0 radical (unpaired) electrons. The van der Waals surface area contributed by atoms with Crippen LogP contribution < -0.4 is 4.72 Å². The molecule has 0 saturated carbocycles. The second-order valence-corrected chi connectivity index (χ2v) is 5.15. The van der Waals surface area contributed by atoms with E-state index in [0.717, 1.165) is 0 Å². The van der Waals surface area contributed by atoms with Crippen molar-refractivity contribution < 1.29 is 13.5 Å². The van der Waals surface area contributed by atoms with Crippen molar-refractivity contribution in [2.75, 3.05) is 17.1 Å². The molecule has 16 heavy (non-hydrogen) atoms. The van der Waals surface area contributed by atoms with Gasteiger partial charge in [0.25, 0.3) is 5.95 Å². The van der Waals surface area contributed by atoms with E-state index >= 15 is 0 Å². The van der Waals surface area contributed by atoms with Gasteiger partial charge >= 0.3 is 0 Å². The van der Waals surface area contributed by atoms with Gasteiger partial charge in [0.1, 0.15) is 0 Å². The number of hydrogen-bond acceptors (Lipinski definition) is 6. The monoisotopic (exact) mass is 246 g/mol. The van der Waals surface area contributed by atoms with Crippen LogP contribution in [0.5, 0.6) is 0 Å². The number of aryl methyl sites for hydroxylation is 2. The van der Waals surface area contributed by atoms with Gasteiger partial charge in [-0.05, 0) is 20.3 Å². The highest BCUT2D eigenvalue weighted by Crippen LogP contribution is 2.04. The predicted molar refractivity (Wildman–Crippen MR) is 58.4 cm³/mol. The number of aliphatic hydroxyl groups is 1. The normalized spacial score (nSPS) is 11.4. The Bertz CT molecular complexity index is 460. The summed E-state index contributed by atoms with van der Waals surface area (Å²) in [6, 6.07) is 0. The number of aliphatic hydroxyl groups excluding tert-OH is 1. The summed E-state index contributed by atoms with van der Waals surface area (Å²) in [6.07, 6.45) is 0.174. The minimum Gasteiger partial charge on any atom is -0.396 e. The van der Waals surface area contributed by atoms with Crippen LogP contribution in [0, 0.1) is 13.8 Å². The molecular formula is C8H14N4O3S. The Morgan fingerprint density at radius 3 is 2.50 bits per heavy atom. The molecule has 90 valence electrons. The third kappa shape index (κ3) is 3.70. The van der Waals surface area contributed by atoms with E-state index in [0.29, 0.717) is 11.4 Å². The Hall–Kier alpha value is -1.28. The summed E-state index contributed by atoms with van der Waals surface area (Å²) >= 11 is 0. The molecule has 0 amide bonds. The van der Waals surface area contributed by atoms with Gasteiger partial charge in [-0.25, -0.2) is 18.1 Å². The molecule has 1 aromatic heterocycles. The van der Waals surface area contributed by atoms with Gasteiger partial charge in [-0.15, -0.1) is 5.10 Å². The Morgan fingerprint density at radius 2 is 1.94 bits per heavy atom. The average molecular weight is 246 g/mol. The molecule has 1 aromatic rings. The zero-order valence-electron chi connectivity index (χ0n) is 9.13. The number of anilines is 1. The number of aromatic nitrogens is 3. The second-order valence-electron chi connectivity index (χ2n) is 3.30. The molecule has 7 nitrogen and oxygen atoms in total. The molecule has 8 heteroatoms. The SMILES string of the molecule is Cc1nnc(NS(=O)(=O)CCCO)nc1C. The molecule has 0 bridgehead atoms. The molecule has 0 saturated heterocycles. The van der Waals surface area contributed by atoms with E-state index in [1.54, 1.807) is 13.8 Å². The van der Waals surface area contributed by atoms with Crippen molar-refractivity contribution in [2.24, 2.45) is 0 Å². The summed E-state index contributed by atoms with van der Waals surface area (Å²) < 4.78 is 25.0. The van der Waals surface area contributed by atoms with Crippen molar-refractivity contribution in [3.05, 3.63) is 11.4 Å². The van der Waals surface area contributed by atoms with Crippen LogP contribution in [0.3, 0.4) is 0 Å². The lowest BCUT2D eigenvalue weighted by Crippen LogP contribution is -2.19. The first-order chi connectivity index (χ1) is 7.44. The van der Waals surface area contributed by atoms with Crippen LogP contribution in [0.1, 0.15) is 17.8 Å². The largest absolute Gasteiger partial charge is 0.396 e. The zero-order chi connectivity index (χ0) is 12.2. The van der Waals surface area contributed by atoms with E-state index in [9.17, 15) is 8.42 Å². The van der Waals surface area contributed by atoms with Gasteiger partial charge in [-0.1, -0.05) is 0 Å². The highest BCUT2D eigenvalue weighted by Gasteiger charge is 2.12. The molecule has 0 spiro atoms. The third-order valence-corrected chi connectivity index (χ3v) is 3.23. The molecule has 0 fully saturated rings. The lowest BCUT2D eigenvalue weighted by atomic mass is 10.4. The van der Waals surface area contributed by atoms with E-state index in [-0.39, 0.29) is 24.7 Å². The lowest BCUT2D eigenvalue weighted by molar-refractivity contribution is 0.295. The van der Waals surface area contributed by atoms with Crippen molar-refractivity contribution in [2.45, 2.75) is 20.3 Å². The van der Waals surface area contributed by atoms with Crippen molar-refractivity contribution in [1.82, 2.24) is 15.2 Å². The topological polar surface area (TPSA) is 105 Å². The average Bonchev–Trinajstić information content (AvgIpc) is 2.20. The number of nitrogens with zero attached hydrogens (tertiary/aromatic N) is 3. The highest BCUT2D eigenvalue weighted by atomic mass is 32.2. The Morgan fingerprint density at radius 1 is 1.25 bits per heavy atom. The molecule has 0 aromatic carbocycles. The Kier molecular flexibility index (Phi) is 4.13. The Balaban J connectivity index is 2.76. The lowest BCUT2D eigenvalue weighted by Gasteiger charge is -2.06. The predicted octanol–water partition coefficient (Wildman–Crippen LogP) is -0.387.